The van der Waals surface area contributed by atoms with E-state index in [2.05, 4.69) is 30.9 Å². The van der Waals surface area contributed by atoms with Gasteiger partial charge in [0.15, 0.2) is 0 Å². The van der Waals surface area contributed by atoms with Crippen LogP contribution in [0.15, 0.2) is 18.2 Å². The molecular formula is C15H24N2O. The third-order valence-corrected chi connectivity index (χ3v) is 3.56. The fourth-order valence-corrected chi connectivity index (χ4v) is 2.64. The Morgan fingerprint density at radius 3 is 3.06 bits per heavy atom. The molecule has 0 saturated carbocycles. The van der Waals surface area contributed by atoms with Gasteiger partial charge in [0.25, 0.3) is 0 Å². The molecule has 0 bridgehead atoms. The summed E-state index contributed by atoms with van der Waals surface area (Å²) in [5.74, 6) is 0. The Hall–Kier alpha value is -1.06. The highest BCUT2D eigenvalue weighted by atomic mass is 16.5. The molecule has 1 saturated heterocycles. The van der Waals surface area contributed by atoms with Gasteiger partial charge in [-0.2, -0.15) is 0 Å². The van der Waals surface area contributed by atoms with Crippen LogP contribution >= 0.6 is 0 Å². The molecule has 100 valence electrons. The Labute approximate surface area is 110 Å². The van der Waals surface area contributed by atoms with Crippen molar-refractivity contribution in [2.24, 2.45) is 0 Å². The molecule has 0 spiro atoms. The van der Waals surface area contributed by atoms with Crippen molar-refractivity contribution in [3.63, 3.8) is 0 Å². The van der Waals surface area contributed by atoms with Gasteiger partial charge in [-0.15, -0.1) is 0 Å². The monoisotopic (exact) mass is 248 g/mol. The molecule has 3 nitrogen and oxygen atoms in total. The number of hydrogen-bond acceptors (Lipinski definition) is 3. The highest BCUT2D eigenvalue weighted by Crippen LogP contribution is 2.20. The molecule has 1 aromatic carbocycles. The number of ether oxygens (including phenoxy) is 1. The smallest absolute Gasteiger partial charge is 0.0702 e. The summed E-state index contributed by atoms with van der Waals surface area (Å²) < 4.78 is 5.73. The minimum atomic E-state index is 0.398. The van der Waals surface area contributed by atoms with Gasteiger partial charge in [-0.1, -0.05) is 17.7 Å². The average Bonchev–Trinajstić information content (AvgIpc) is 2.35. The van der Waals surface area contributed by atoms with E-state index in [4.69, 9.17) is 10.5 Å². The normalized spacial score (nSPS) is 21.1. The zero-order valence-corrected chi connectivity index (χ0v) is 11.5. The number of likely N-dealkylation sites (tertiary alicyclic amines) is 1. The Morgan fingerprint density at radius 2 is 2.28 bits per heavy atom. The predicted octanol–water partition coefficient (Wildman–Crippen LogP) is 2.58. The fourth-order valence-electron chi connectivity index (χ4n) is 2.64. The molecular weight excluding hydrogens is 224 g/mol. The van der Waals surface area contributed by atoms with E-state index in [0.29, 0.717) is 6.10 Å². The maximum Gasteiger partial charge on any atom is 0.0702 e. The quantitative estimate of drug-likeness (QED) is 0.832. The van der Waals surface area contributed by atoms with Crippen LogP contribution in [0.5, 0.6) is 0 Å². The lowest BCUT2D eigenvalue weighted by atomic mass is 10.1. The molecule has 1 atom stereocenters. The third kappa shape index (κ3) is 3.47. The first-order valence-electron chi connectivity index (χ1n) is 6.88. The van der Waals surface area contributed by atoms with E-state index in [0.717, 1.165) is 31.9 Å². The van der Waals surface area contributed by atoms with Crippen LogP contribution in [0, 0.1) is 6.92 Å². The molecule has 1 aliphatic heterocycles. The molecule has 2 rings (SSSR count). The van der Waals surface area contributed by atoms with Crippen LogP contribution in [0.4, 0.5) is 5.69 Å². The number of nitrogens with two attached hydrogens (primary N) is 1. The van der Waals surface area contributed by atoms with Crippen LogP contribution in [0.3, 0.4) is 0 Å². The van der Waals surface area contributed by atoms with Crippen molar-refractivity contribution in [2.75, 3.05) is 25.4 Å². The summed E-state index contributed by atoms with van der Waals surface area (Å²) in [7, 11) is 0. The second-order valence-corrected chi connectivity index (χ2v) is 5.16. The van der Waals surface area contributed by atoms with Gasteiger partial charge < -0.3 is 10.5 Å². The molecule has 3 heteroatoms. The minimum absolute atomic E-state index is 0.398. The molecule has 0 aromatic heterocycles. The first-order valence-corrected chi connectivity index (χ1v) is 6.88. The lowest BCUT2D eigenvalue weighted by Gasteiger charge is -2.32. The van der Waals surface area contributed by atoms with Crippen LogP contribution in [0.25, 0.3) is 0 Å². The summed E-state index contributed by atoms with van der Waals surface area (Å²) in [4.78, 5) is 2.45. The number of benzene rings is 1. The lowest BCUT2D eigenvalue weighted by molar-refractivity contribution is 0.00368. The number of rotatable bonds is 4. The van der Waals surface area contributed by atoms with Crippen molar-refractivity contribution in [3.8, 4) is 0 Å². The first kappa shape index (κ1) is 13.4. The Balaban J connectivity index is 1.98. The van der Waals surface area contributed by atoms with Crippen molar-refractivity contribution in [3.05, 3.63) is 29.3 Å². The molecule has 18 heavy (non-hydrogen) atoms. The number of piperidine rings is 1. The van der Waals surface area contributed by atoms with E-state index in [1.807, 2.05) is 6.07 Å². The Kier molecular flexibility index (Phi) is 4.61. The SMILES string of the molecule is CCOC1CCCN(Cc2cc(C)ccc2N)C1. The summed E-state index contributed by atoms with van der Waals surface area (Å²) in [6.07, 6.45) is 2.80. The lowest BCUT2D eigenvalue weighted by Crippen LogP contribution is -2.39. The van der Waals surface area contributed by atoms with Gasteiger partial charge in [0.2, 0.25) is 0 Å². The van der Waals surface area contributed by atoms with E-state index in [-0.39, 0.29) is 0 Å². The average molecular weight is 248 g/mol. The van der Waals surface area contributed by atoms with Crippen molar-refractivity contribution in [1.82, 2.24) is 4.90 Å². The topological polar surface area (TPSA) is 38.5 Å². The maximum atomic E-state index is 6.04. The fraction of sp³-hybridized carbons (Fsp3) is 0.600. The van der Waals surface area contributed by atoms with Crippen LogP contribution < -0.4 is 5.73 Å². The molecule has 0 radical (unpaired) electrons. The van der Waals surface area contributed by atoms with Crippen LogP contribution in [-0.2, 0) is 11.3 Å². The van der Waals surface area contributed by atoms with E-state index in [1.165, 1.54) is 24.0 Å². The van der Waals surface area contributed by atoms with Gasteiger partial charge in [-0.3, -0.25) is 4.90 Å². The number of anilines is 1. The number of aryl methyl sites for hydroxylation is 1. The van der Waals surface area contributed by atoms with Crippen molar-refractivity contribution >= 4 is 5.69 Å². The highest BCUT2D eigenvalue weighted by molar-refractivity contribution is 5.48. The van der Waals surface area contributed by atoms with Crippen molar-refractivity contribution in [2.45, 2.75) is 39.3 Å². The van der Waals surface area contributed by atoms with Gasteiger partial charge in [0, 0.05) is 25.4 Å². The van der Waals surface area contributed by atoms with Gasteiger partial charge in [0.05, 0.1) is 6.10 Å². The van der Waals surface area contributed by atoms with Crippen LogP contribution in [-0.4, -0.2) is 30.7 Å². The zero-order chi connectivity index (χ0) is 13.0. The molecule has 1 aliphatic rings. The molecule has 1 fully saturated rings. The number of hydrogen-bond donors (Lipinski definition) is 1. The van der Waals surface area contributed by atoms with Gasteiger partial charge in [-0.05, 0) is 44.9 Å². The molecule has 1 heterocycles. The third-order valence-electron chi connectivity index (χ3n) is 3.56. The molecule has 0 amide bonds. The Morgan fingerprint density at radius 1 is 1.44 bits per heavy atom. The van der Waals surface area contributed by atoms with E-state index >= 15 is 0 Å². The standard InChI is InChI=1S/C15H24N2O/c1-3-18-14-5-4-8-17(11-14)10-13-9-12(2)6-7-15(13)16/h6-7,9,14H,3-5,8,10-11,16H2,1-2H3. The number of nitrogens with zero attached hydrogens (tertiary/aromatic N) is 1. The van der Waals surface area contributed by atoms with Crippen molar-refractivity contribution < 1.29 is 4.74 Å². The van der Waals surface area contributed by atoms with Crippen LogP contribution in [0.1, 0.15) is 30.9 Å². The zero-order valence-electron chi connectivity index (χ0n) is 11.5. The second kappa shape index (κ2) is 6.21. The maximum absolute atomic E-state index is 6.04. The second-order valence-electron chi connectivity index (χ2n) is 5.16. The molecule has 1 aromatic rings. The summed E-state index contributed by atoms with van der Waals surface area (Å²) >= 11 is 0. The summed E-state index contributed by atoms with van der Waals surface area (Å²) in [6.45, 7) is 8.11. The van der Waals surface area contributed by atoms with Crippen molar-refractivity contribution in [1.29, 1.82) is 0 Å². The van der Waals surface area contributed by atoms with Crippen LogP contribution in [0.2, 0.25) is 0 Å². The largest absolute Gasteiger partial charge is 0.398 e. The minimum Gasteiger partial charge on any atom is -0.398 e. The Bertz CT molecular complexity index is 390. The highest BCUT2D eigenvalue weighted by Gasteiger charge is 2.20. The predicted molar refractivity (Wildman–Crippen MR) is 75.5 cm³/mol. The number of nitrogen functional groups attached to an aromatic ring is 1. The van der Waals surface area contributed by atoms with E-state index in [1.54, 1.807) is 0 Å². The molecule has 2 N–H and O–H groups in total. The van der Waals surface area contributed by atoms with Gasteiger partial charge >= 0.3 is 0 Å². The molecule has 0 aliphatic carbocycles. The summed E-state index contributed by atoms with van der Waals surface area (Å²) in [5.41, 5.74) is 9.46. The van der Waals surface area contributed by atoms with Gasteiger partial charge in [-0.25, -0.2) is 0 Å². The van der Waals surface area contributed by atoms with E-state index < -0.39 is 0 Å². The van der Waals surface area contributed by atoms with Gasteiger partial charge in [0.1, 0.15) is 0 Å². The summed E-state index contributed by atoms with van der Waals surface area (Å²) in [5, 5.41) is 0. The first-order chi connectivity index (χ1) is 8.69. The van der Waals surface area contributed by atoms with E-state index in [9.17, 15) is 0 Å². The molecule has 1 unspecified atom stereocenters. The summed E-state index contributed by atoms with van der Waals surface area (Å²) in [6, 6.07) is 6.27.